The van der Waals surface area contributed by atoms with Gasteiger partial charge in [-0.25, -0.2) is 0 Å². The van der Waals surface area contributed by atoms with Gasteiger partial charge in [0.2, 0.25) is 5.91 Å². The number of halogens is 3. The van der Waals surface area contributed by atoms with Gasteiger partial charge >= 0.3 is 0 Å². The number of benzene rings is 1. The average molecular weight is 311 g/mol. The highest BCUT2D eigenvalue weighted by Crippen LogP contribution is 2.25. The SMILES string of the molecule is CC(CCl)C(=O)Nc1ccc(Br)c(Cl)c1. The standard InChI is InChI=1S/C10H10BrCl2NO/c1-6(5-12)10(15)14-7-2-3-8(11)9(13)4-7/h2-4,6H,5H2,1H3,(H,14,15). The van der Waals surface area contributed by atoms with E-state index >= 15 is 0 Å². The van der Waals surface area contributed by atoms with Gasteiger partial charge in [0.1, 0.15) is 0 Å². The molecule has 0 aromatic heterocycles. The Morgan fingerprint density at radius 2 is 2.27 bits per heavy atom. The lowest BCUT2D eigenvalue weighted by atomic mass is 10.2. The maximum Gasteiger partial charge on any atom is 0.228 e. The lowest BCUT2D eigenvalue weighted by Gasteiger charge is -2.09. The number of hydrogen-bond donors (Lipinski definition) is 1. The first-order valence-electron chi connectivity index (χ1n) is 4.36. The molecule has 15 heavy (non-hydrogen) atoms. The van der Waals surface area contributed by atoms with Gasteiger partial charge < -0.3 is 5.32 Å². The first kappa shape index (κ1) is 12.8. The molecule has 0 fully saturated rings. The lowest BCUT2D eigenvalue weighted by molar-refractivity contribution is -0.118. The summed E-state index contributed by atoms with van der Waals surface area (Å²) in [7, 11) is 0. The summed E-state index contributed by atoms with van der Waals surface area (Å²) in [6, 6.07) is 5.24. The molecule has 1 unspecified atom stereocenters. The van der Waals surface area contributed by atoms with E-state index in [-0.39, 0.29) is 11.8 Å². The quantitative estimate of drug-likeness (QED) is 0.842. The van der Waals surface area contributed by atoms with Crippen molar-refractivity contribution in [1.82, 2.24) is 0 Å². The smallest absolute Gasteiger partial charge is 0.228 e. The maximum absolute atomic E-state index is 11.5. The summed E-state index contributed by atoms with van der Waals surface area (Å²) in [6.07, 6.45) is 0. The molecule has 0 aliphatic carbocycles. The first-order valence-corrected chi connectivity index (χ1v) is 6.07. The van der Waals surface area contributed by atoms with Crippen molar-refractivity contribution in [3.63, 3.8) is 0 Å². The van der Waals surface area contributed by atoms with Crippen molar-refractivity contribution in [1.29, 1.82) is 0 Å². The Morgan fingerprint density at radius 3 is 2.80 bits per heavy atom. The Bertz CT molecular complexity index is 370. The molecule has 0 radical (unpaired) electrons. The molecule has 2 nitrogen and oxygen atoms in total. The summed E-state index contributed by atoms with van der Waals surface area (Å²) >= 11 is 14.7. The van der Waals surface area contributed by atoms with E-state index in [2.05, 4.69) is 21.2 Å². The number of carbonyl (C=O) groups excluding carboxylic acids is 1. The molecule has 0 bridgehead atoms. The molecule has 1 atom stereocenters. The Labute approximate surface area is 107 Å². The Morgan fingerprint density at radius 1 is 1.60 bits per heavy atom. The van der Waals surface area contributed by atoms with Gasteiger partial charge in [-0.05, 0) is 34.1 Å². The summed E-state index contributed by atoms with van der Waals surface area (Å²) in [5.74, 6) is -0.0201. The van der Waals surface area contributed by atoms with Crippen LogP contribution in [0.4, 0.5) is 5.69 Å². The molecule has 1 amide bonds. The highest BCUT2D eigenvalue weighted by molar-refractivity contribution is 9.10. The number of amides is 1. The molecule has 1 N–H and O–H groups in total. The van der Waals surface area contributed by atoms with Crippen LogP contribution in [0.15, 0.2) is 22.7 Å². The number of nitrogens with one attached hydrogen (secondary N) is 1. The first-order chi connectivity index (χ1) is 7.04. The molecule has 0 saturated heterocycles. The highest BCUT2D eigenvalue weighted by atomic mass is 79.9. The molecule has 0 saturated carbocycles. The Kier molecular flexibility index (Phi) is 4.90. The van der Waals surface area contributed by atoms with Crippen LogP contribution in [-0.2, 0) is 4.79 Å². The van der Waals surface area contributed by atoms with Crippen LogP contribution < -0.4 is 5.32 Å². The summed E-state index contributed by atoms with van der Waals surface area (Å²) in [5, 5.41) is 3.29. The van der Waals surface area contributed by atoms with E-state index in [1.807, 2.05) is 0 Å². The summed E-state index contributed by atoms with van der Waals surface area (Å²) < 4.78 is 0.799. The van der Waals surface area contributed by atoms with E-state index in [1.54, 1.807) is 25.1 Å². The zero-order valence-corrected chi connectivity index (χ0v) is 11.2. The third kappa shape index (κ3) is 3.67. The van der Waals surface area contributed by atoms with Gasteiger partial charge in [-0.2, -0.15) is 0 Å². The number of rotatable bonds is 3. The minimum absolute atomic E-state index is 0.108. The molecule has 5 heteroatoms. The van der Waals surface area contributed by atoms with Crippen molar-refractivity contribution in [2.45, 2.75) is 6.92 Å². The summed E-state index contributed by atoms with van der Waals surface area (Å²) in [6.45, 7) is 1.77. The highest BCUT2D eigenvalue weighted by Gasteiger charge is 2.11. The molecule has 0 heterocycles. The topological polar surface area (TPSA) is 29.1 Å². The predicted octanol–water partition coefficient (Wildman–Crippen LogP) is 3.92. The van der Waals surface area contributed by atoms with E-state index in [4.69, 9.17) is 23.2 Å². The number of hydrogen-bond acceptors (Lipinski definition) is 1. The molecule has 82 valence electrons. The van der Waals surface area contributed by atoms with E-state index in [0.717, 1.165) is 4.47 Å². The third-order valence-corrected chi connectivity index (χ3v) is 3.56. The van der Waals surface area contributed by atoms with Crippen LogP contribution in [0.5, 0.6) is 0 Å². The predicted molar refractivity (Wildman–Crippen MR) is 67.7 cm³/mol. The fraction of sp³-hybridized carbons (Fsp3) is 0.300. The van der Waals surface area contributed by atoms with Gasteiger partial charge in [0.05, 0.1) is 5.02 Å². The monoisotopic (exact) mass is 309 g/mol. The van der Waals surface area contributed by atoms with Gasteiger partial charge in [0.15, 0.2) is 0 Å². The third-order valence-electron chi connectivity index (χ3n) is 1.87. The van der Waals surface area contributed by atoms with E-state index < -0.39 is 0 Å². The van der Waals surface area contributed by atoms with Crippen LogP contribution >= 0.6 is 39.1 Å². The van der Waals surface area contributed by atoms with E-state index in [0.29, 0.717) is 16.6 Å². The van der Waals surface area contributed by atoms with Crippen LogP contribution in [0.2, 0.25) is 5.02 Å². The largest absolute Gasteiger partial charge is 0.326 e. The number of carbonyl (C=O) groups is 1. The van der Waals surface area contributed by atoms with E-state index in [1.165, 1.54) is 0 Å². The molecule has 0 aliphatic heterocycles. The minimum Gasteiger partial charge on any atom is -0.326 e. The van der Waals surface area contributed by atoms with Crippen molar-refractivity contribution in [3.05, 3.63) is 27.7 Å². The zero-order chi connectivity index (χ0) is 11.4. The fourth-order valence-corrected chi connectivity index (χ4v) is 1.48. The van der Waals surface area contributed by atoms with E-state index in [9.17, 15) is 4.79 Å². The van der Waals surface area contributed by atoms with Crippen molar-refractivity contribution in [2.24, 2.45) is 5.92 Å². The average Bonchev–Trinajstić information content (AvgIpc) is 2.22. The molecule has 1 aromatic rings. The minimum atomic E-state index is -0.214. The summed E-state index contributed by atoms with van der Waals surface area (Å²) in [4.78, 5) is 11.5. The fourth-order valence-electron chi connectivity index (χ4n) is 0.909. The number of alkyl halides is 1. The second-order valence-corrected chi connectivity index (χ2v) is 4.74. The molecular formula is C10H10BrCl2NO. The van der Waals surface area contributed by atoms with Crippen molar-refractivity contribution in [2.75, 3.05) is 11.2 Å². The molecular weight excluding hydrogens is 301 g/mol. The Balaban J connectivity index is 2.73. The Hall–Kier alpha value is -0.250. The van der Waals surface area contributed by atoms with Crippen LogP contribution in [0.25, 0.3) is 0 Å². The second-order valence-electron chi connectivity index (χ2n) is 3.17. The van der Waals surface area contributed by atoms with Crippen molar-refractivity contribution in [3.8, 4) is 0 Å². The molecule has 0 spiro atoms. The van der Waals surface area contributed by atoms with Crippen LogP contribution in [0, 0.1) is 5.92 Å². The van der Waals surface area contributed by atoms with Gasteiger partial charge in [0, 0.05) is 22.0 Å². The molecule has 1 aromatic carbocycles. The van der Waals surface area contributed by atoms with Crippen LogP contribution in [-0.4, -0.2) is 11.8 Å². The molecule has 0 aliphatic rings. The van der Waals surface area contributed by atoms with Gasteiger partial charge in [0.25, 0.3) is 0 Å². The van der Waals surface area contributed by atoms with Crippen LogP contribution in [0.3, 0.4) is 0 Å². The normalized spacial score (nSPS) is 12.3. The molecule has 1 rings (SSSR count). The maximum atomic E-state index is 11.5. The van der Waals surface area contributed by atoms with Crippen molar-refractivity contribution < 1.29 is 4.79 Å². The second kappa shape index (κ2) is 5.73. The van der Waals surface area contributed by atoms with Gasteiger partial charge in [-0.15, -0.1) is 11.6 Å². The van der Waals surface area contributed by atoms with Gasteiger partial charge in [-0.3, -0.25) is 4.79 Å². The number of anilines is 1. The zero-order valence-electron chi connectivity index (χ0n) is 8.06. The van der Waals surface area contributed by atoms with Crippen molar-refractivity contribution >= 4 is 50.7 Å². The van der Waals surface area contributed by atoms with Crippen LogP contribution in [0.1, 0.15) is 6.92 Å². The van der Waals surface area contributed by atoms with Gasteiger partial charge in [-0.1, -0.05) is 18.5 Å². The summed E-state index contributed by atoms with van der Waals surface area (Å²) in [5.41, 5.74) is 0.671. The lowest BCUT2D eigenvalue weighted by Crippen LogP contribution is -2.21.